The smallest absolute Gasteiger partial charge is 0.492 e. The van der Waals surface area contributed by atoms with Crippen LogP contribution in [0.3, 0.4) is 0 Å². The summed E-state index contributed by atoms with van der Waals surface area (Å²) in [4.78, 5) is 11.1. The molecule has 0 atom stereocenters. The van der Waals surface area contributed by atoms with Crippen LogP contribution in [0.15, 0.2) is 18.2 Å². The summed E-state index contributed by atoms with van der Waals surface area (Å²) in [5.74, 6) is -1.14. The van der Waals surface area contributed by atoms with Gasteiger partial charge in [0.05, 0.1) is 12.7 Å². The number of halogens is 3. The molecule has 3 nitrogen and oxygen atoms in total. The van der Waals surface area contributed by atoms with Gasteiger partial charge in [0.15, 0.2) is 17.3 Å². The highest BCUT2D eigenvalue weighted by molar-refractivity contribution is 5.97. The molecule has 0 aliphatic rings. The van der Waals surface area contributed by atoms with E-state index in [0.717, 1.165) is 6.07 Å². The first-order valence-electron chi connectivity index (χ1n) is 4.29. The molecule has 0 aliphatic heterocycles. The van der Waals surface area contributed by atoms with Gasteiger partial charge in [-0.25, -0.2) is 0 Å². The number of ether oxygens (including phenoxy) is 2. The zero-order chi connectivity index (χ0) is 12.3. The van der Waals surface area contributed by atoms with Crippen molar-refractivity contribution in [3.63, 3.8) is 0 Å². The van der Waals surface area contributed by atoms with Crippen LogP contribution >= 0.6 is 0 Å². The number of hydrogen-bond donors (Lipinski definition) is 0. The van der Waals surface area contributed by atoms with Crippen LogP contribution in [0.1, 0.15) is 17.3 Å². The molecule has 0 aliphatic carbocycles. The van der Waals surface area contributed by atoms with E-state index in [1.165, 1.54) is 26.2 Å². The third-order valence-corrected chi connectivity index (χ3v) is 1.79. The monoisotopic (exact) mass is 234 g/mol. The highest BCUT2D eigenvalue weighted by atomic mass is 19.4. The second-order valence-electron chi connectivity index (χ2n) is 2.94. The van der Waals surface area contributed by atoms with Crippen molar-refractivity contribution in [1.82, 2.24) is 0 Å². The lowest BCUT2D eigenvalue weighted by atomic mass is 10.1. The molecule has 0 saturated carbocycles. The number of hydrogen-bond acceptors (Lipinski definition) is 3. The number of ketones is 1. The Bertz CT molecular complexity index is 399. The molecule has 0 spiro atoms. The Hall–Kier alpha value is -1.72. The Morgan fingerprint density at radius 3 is 2.38 bits per heavy atom. The van der Waals surface area contributed by atoms with Gasteiger partial charge < -0.3 is 9.47 Å². The van der Waals surface area contributed by atoms with Crippen molar-refractivity contribution in [2.45, 2.75) is 13.3 Å². The first kappa shape index (κ1) is 12.4. The largest absolute Gasteiger partial charge is 0.573 e. The molecule has 0 fully saturated rings. The molecule has 1 aromatic carbocycles. The lowest BCUT2D eigenvalue weighted by Crippen LogP contribution is -2.18. The van der Waals surface area contributed by atoms with Gasteiger partial charge in [-0.15, -0.1) is 13.2 Å². The van der Waals surface area contributed by atoms with E-state index in [0.29, 0.717) is 0 Å². The predicted octanol–water partition coefficient (Wildman–Crippen LogP) is 2.80. The van der Waals surface area contributed by atoms with Crippen LogP contribution in [0.5, 0.6) is 11.5 Å². The molecule has 1 aromatic rings. The minimum Gasteiger partial charge on any atom is -0.492 e. The number of alkyl halides is 3. The Kier molecular flexibility index (Phi) is 3.41. The minimum absolute atomic E-state index is 0.0456. The Morgan fingerprint density at radius 1 is 1.31 bits per heavy atom. The van der Waals surface area contributed by atoms with E-state index in [1.54, 1.807) is 0 Å². The van der Waals surface area contributed by atoms with Crippen LogP contribution in [-0.4, -0.2) is 19.3 Å². The van der Waals surface area contributed by atoms with Crippen molar-refractivity contribution in [3.8, 4) is 11.5 Å². The van der Waals surface area contributed by atoms with Crippen molar-refractivity contribution < 1.29 is 27.4 Å². The maximum atomic E-state index is 12.0. The van der Waals surface area contributed by atoms with Gasteiger partial charge in [-0.1, -0.05) is 6.07 Å². The van der Waals surface area contributed by atoms with E-state index in [-0.39, 0.29) is 11.3 Å². The number of carbonyl (C=O) groups is 1. The van der Waals surface area contributed by atoms with Crippen LogP contribution in [0, 0.1) is 0 Å². The Balaban J connectivity index is 3.19. The third-order valence-electron chi connectivity index (χ3n) is 1.79. The molecule has 0 unspecified atom stereocenters. The molecule has 0 radical (unpaired) electrons. The standard InChI is InChI=1S/C10H9F3O3/c1-6(14)7-4-3-5-8(9(7)15-2)16-10(11,12)13/h3-5H,1-2H3. The van der Waals surface area contributed by atoms with Crippen molar-refractivity contribution in [1.29, 1.82) is 0 Å². The summed E-state index contributed by atoms with van der Waals surface area (Å²) in [5.41, 5.74) is 0.0456. The molecule has 0 N–H and O–H groups in total. The zero-order valence-electron chi connectivity index (χ0n) is 8.59. The summed E-state index contributed by atoms with van der Waals surface area (Å²) in [6.45, 7) is 1.23. The van der Waals surface area contributed by atoms with Crippen molar-refractivity contribution >= 4 is 5.78 Å². The molecule has 0 saturated heterocycles. The summed E-state index contributed by atoms with van der Waals surface area (Å²) in [5, 5.41) is 0. The van der Waals surface area contributed by atoms with E-state index in [1.807, 2.05) is 0 Å². The molecule has 0 bridgehead atoms. The molecular formula is C10H9F3O3. The normalized spacial score (nSPS) is 11.1. The van der Waals surface area contributed by atoms with Gasteiger partial charge in [0.2, 0.25) is 0 Å². The van der Waals surface area contributed by atoms with Gasteiger partial charge in [-0.2, -0.15) is 0 Å². The second-order valence-corrected chi connectivity index (χ2v) is 2.94. The predicted molar refractivity (Wildman–Crippen MR) is 49.7 cm³/mol. The van der Waals surface area contributed by atoms with E-state index in [9.17, 15) is 18.0 Å². The van der Waals surface area contributed by atoms with Gasteiger partial charge in [0, 0.05) is 0 Å². The van der Waals surface area contributed by atoms with Crippen LogP contribution in [0.4, 0.5) is 13.2 Å². The number of rotatable bonds is 3. The second kappa shape index (κ2) is 4.42. The number of para-hydroxylation sites is 1. The lowest BCUT2D eigenvalue weighted by molar-refractivity contribution is -0.275. The van der Waals surface area contributed by atoms with E-state index in [2.05, 4.69) is 4.74 Å². The highest BCUT2D eigenvalue weighted by Crippen LogP contribution is 2.34. The fourth-order valence-corrected chi connectivity index (χ4v) is 1.21. The molecule has 16 heavy (non-hydrogen) atoms. The summed E-state index contributed by atoms with van der Waals surface area (Å²) in [7, 11) is 1.17. The van der Waals surface area contributed by atoms with Crippen LogP contribution in [0.2, 0.25) is 0 Å². The molecule has 0 amide bonds. The number of benzene rings is 1. The minimum atomic E-state index is -4.82. The SMILES string of the molecule is COc1c(OC(F)(F)F)cccc1C(C)=O. The number of Topliss-reactive ketones (excluding diaryl/α,β-unsaturated/α-hetero) is 1. The topological polar surface area (TPSA) is 35.5 Å². The fraction of sp³-hybridized carbons (Fsp3) is 0.300. The van der Waals surface area contributed by atoms with Crippen molar-refractivity contribution in [2.24, 2.45) is 0 Å². The van der Waals surface area contributed by atoms with Crippen molar-refractivity contribution in [2.75, 3.05) is 7.11 Å². The molecular weight excluding hydrogens is 225 g/mol. The molecule has 1 rings (SSSR count). The molecule has 0 heterocycles. The maximum Gasteiger partial charge on any atom is 0.573 e. The average molecular weight is 234 g/mol. The van der Waals surface area contributed by atoms with E-state index < -0.39 is 17.9 Å². The average Bonchev–Trinajstić information content (AvgIpc) is 2.14. The van der Waals surface area contributed by atoms with Gasteiger partial charge in [-0.3, -0.25) is 4.79 Å². The van der Waals surface area contributed by atoms with Gasteiger partial charge in [0.1, 0.15) is 0 Å². The summed E-state index contributed by atoms with van der Waals surface area (Å²) >= 11 is 0. The van der Waals surface area contributed by atoms with Gasteiger partial charge in [0.25, 0.3) is 0 Å². The summed E-state index contributed by atoms with van der Waals surface area (Å²) < 4.78 is 44.6. The molecule has 88 valence electrons. The quantitative estimate of drug-likeness (QED) is 0.754. The van der Waals surface area contributed by atoms with Crippen molar-refractivity contribution in [3.05, 3.63) is 23.8 Å². The number of methoxy groups -OCH3 is 1. The zero-order valence-corrected chi connectivity index (χ0v) is 8.59. The summed E-state index contributed by atoms with van der Waals surface area (Å²) in [6.07, 6.45) is -4.82. The third kappa shape index (κ3) is 2.88. The van der Waals surface area contributed by atoms with Crippen LogP contribution < -0.4 is 9.47 Å². The Morgan fingerprint density at radius 2 is 1.94 bits per heavy atom. The highest BCUT2D eigenvalue weighted by Gasteiger charge is 2.33. The van der Waals surface area contributed by atoms with Gasteiger partial charge in [-0.05, 0) is 19.1 Å². The number of carbonyl (C=O) groups excluding carboxylic acids is 1. The Labute approximate surface area is 89.8 Å². The van der Waals surface area contributed by atoms with E-state index in [4.69, 9.17) is 4.74 Å². The molecule has 0 aromatic heterocycles. The fourth-order valence-electron chi connectivity index (χ4n) is 1.21. The lowest BCUT2D eigenvalue weighted by Gasteiger charge is -2.14. The maximum absolute atomic E-state index is 12.0. The van der Waals surface area contributed by atoms with E-state index >= 15 is 0 Å². The van der Waals surface area contributed by atoms with Crippen LogP contribution in [-0.2, 0) is 0 Å². The molecule has 6 heteroatoms. The first-order chi connectivity index (χ1) is 7.35. The summed E-state index contributed by atoms with van der Waals surface area (Å²) in [6, 6.07) is 3.74. The van der Waals surface area contributed by atoms with Gasteiger partial charge >= 0.3 is 6.36 Å². The first-order valence-corrected chi connectivity index (χ1v) is 4.29. The van der Waals surface area contributed by atoms with Crippen LogP contribution in [0.25, 0.3) is 0 Å².